The van der Waals surface area contributed by atoms with Gasteiger partial charge in [0.15, 0.2) is 0 Å². The Hall–Kier alpha value is -10.3. The van der Waals surface area contributed by atoms with Gasteiger partial charge in [-0.05, 0) is 201 Å². The minimum atomic E-state index is -0.610. The third-order valence-electron chi connectivity index (χ3n) is 24.6. The maximum absolute atomic E-state index is 6.39. The van der Waals surface area contributed by atoms with E-state index < -0.39 is 10.8 Å². The number of nitrogens with zero attached hydrogens (tertiary/aromatic N) is 2. The summed E-state index contributed by atoms with van der Waals surface area (Å²) in [5.74, 6) is 0.854. The van der Waals surface area contributed by atoms with Crippen LogP contribution in [0.1, 0.15) is 201 Å². The fourth-order valence-electron chi connectivity index (χ4n) is 18.8. The zero-order valence-electron chi connectivity index (χ0n) is 63.6. The van der Waals surface area contributed by atoms with Crippen molar-refractivity contribution in [2.24, 2.45) is 0 Å². The second-order valence-electron chi connectivity index (χ2n) is 35.5. The molecule has 2 aromatic heterocycles. The van der Waals surface area contributed by atoms with Crippen molar-refractivity contribution >= 4 is 54.9 Å². The molecular weight excluding hydrogens is 1290 g/mol. The lowest BCUT2D eigenvalue weighted by molar-refractivity contribution is 0.586. The Morgan fingerprint density at radius 2 is 0.562 bits per heavy atom. The van der Waals surface area contributed by atoms with Gasteiger partial charge in [0.1, 0.15) is 11.0 Å². The number of benzene rings is 13. The molecule has 514 valence electrons. The highest BCUT2D eigenvalue weighted by Crippen LogP contribution is 2.68. The van der Waals surface area contributed by atoms with Gasteiger partial charge in [-0.25, -0.2) is 9.97 Å². The molecule has 0 fully saturated rings. The molecule has 2 spiro atoms. The van der Waals surface area contributed by atoms with E-state index in [0.29, 0.717) is 11.8 Å². The highest BCUT2D eigenvalue weighted by Gasteiger charge is 2.55. The molecule has 15 aromatic rings. The fraction of sp³-hybridized carbons (Fsp3) is 0.235. The van der Waals surface area contributed by atoms with Crippen LogP contribution in [0.15, 0.2) is 243 Å². The van der Waals surface area contributed by atoms with E-state index in [1.165, 1.54) is 145 Å². The molecule has 0 saturated carbocycles. The van der Waals surface area contributed by atoms with Crippen LogP contribution in [0.5, 0.6) is 0 Å². The van der Waals surface area contributed by atoms with Crippen molar-refractivity contribution in [1.82, 2.24) is 9.97 Å². The second kappa shape index (κ2) is 22.6. The van der Waals surface area contributed by atoms with Crippen LogP contribution < -0.4 is 0 Å². The molecule has 0 atom stereocenters. The van der Waals surface area contributed by atoms with Crippen molar-refractivity contribution in [3.05, 3.63) is 321 Å². The van der Waals surface area contributed by atoms with Gasteiger partial charge in [-0.2, -0.15) is 0 Å². The van der Waals surface area contributed by atoms with E-state index >= 15 is 0 Å². The topological polar surface area (TPSA) is 25.8 Å². The van der Waals surface area contributed by atoms with Gasteiger partial charge in [-0.15, -0.1) is 11.3 Å². The number of hydrogen-bond donors (Lipinski definition) is 0. The molecule has 4 aliphatic rings. The average molecular weight is 1380 g/mol. The first kappa shape index (κ1) is 65.4. The smallest absolute Gasteiger partial charge is 0.109 e. The summed E-state index contributed by atoms with van der Waals surface area (Å²) in [6.45, 7) is 37.4. The number of thiophene rings is 1. The molecule has 0 radical (unpaired) electrons. The van der Waals surface area contributed by atoms with Crippen molar-refractivity contribution in [2.45, 2.75) is 155 Å². The van der Waals surface area contributed by atoms with Crippen LogP contribution in [0, 0.1) is 0 Å². The van der Waals surface area contributed by atoms with Gasteiger partial charge < -0.3 is 0 Å². The van der Waals surface area contributed by atoms with Crippen LogP contribution in [0.3, 0.4) is 0 Å². The van der Waals surface area contributed by atoms with Crippen molar-refractivity contribution in [3.8, 4) is 87.6 Å². The maximum atomic E-state index is 6.39. The zero-order chi connectivity index (χ0) is 72.5. The van der Waals surface area contributed by atoms with Gasteiger partial charge in [-0.3, -0.25) is 0 Å². The lowest BCUT2D eigenvalue weighted by Crippen LogP contribution is -2.27. The van der Waals surface area contributed by atoms with E-state index in [1.54, 1.807) is 0 Å². The molecule has 4 aliphatic carbocycles. The van der Waals surface area contributed by atoms with Crippen molar-refractivity contribution < 1.29 is 0 Å². The van der Waals surface area contributed by atoms with Crippen LogP contribution in [0.4, 0.5) is 0 Å². The molecule has 13 aromatic carbocycles. The second-order valence-corrected chi connectivity index (χ2v) is 36.6. The fourth-order valence-corrected chi connectivity index (χ4v) is 20.1. The SMILES string of the molecule is CC(C)c1ccc(-c2ccc3c4ccc(-c5ccc(C(C)C)cc5)cc4c4nc5c(-c6cccc7c6-c6ccccc6C76c7cc(C(C)(C)C)ccc7-c7ccc(C(C)(C)C)cc76)sc(-c6cccc7c6-c6ccccc6C76c7cc(C(C)(C)C)ccc7-c7ccc(C(C)(C)C)cc76)c5nc4c3c2)cc1. The molecule has 105 heavy (non-hydrogen) atoms. The lowest BCUT2D eigenvalue weighted by atomic mass is 9.68. The highest BCUT2D eigenvalue weighted by atomic mass is 32.1. The van der Waals surface area contributed by atoms with Crippen molar-refractivity contribution in [3.63, 3.8) is 0 Å². The third kappa shape index (κ3) is 9.38. The highest BCUT2D eigenvalue weighted by molar-refractivity contribution is 7.21. The van der Waals surface area contributed by atoms with Gasteiger partial charge in [0.2, 0.25) is 0 Å². The van der Waals surface area contributed by atoms with Gasteiger partial charge in [0, 0.05) is 21.9 Å². The Kier molecular flexibility index (Phi) is 14.1. The Bertz CT molecular complexity index is 5730. The van der Waals surface area contributed by atoms with Crippen LogP contribution >= 0.6 is 11.3 Å². The van der Waals surface area contributed by atoms with Crippen LogP contribution in [-0.2, 0) is 32.5 Å². The first-order valence-corrected chi connectivity index (χ1v) is 39.0. The Morgan fingerprint density at radius 3 is 0.886 bits per heavy atom. The standard InChI is InChI=1S/C102H90N2S/c1-57(2)59-31-35-61(36-32-59)63-39-45-69-70-46-40-64(62-37-33-60(34-38-62)58(3)4)52-80(70)92-91(79(69)51-63)103-93-94(104-92)96(78-26-22-30-84-90(78)76-24-18-20-28-82(76)102(84)87-55-67(99(11,12)13)43-49-73(87)74-50-44-68(56-88(74)102)100(14,15)16)105-95(93)77-25-21-29-83-89(77)75-23-17-19-27-81(75)101(83)85-53-65(97(5,6)7)41-47-71(85)72-48-42-66(54-86(72)101)98(8,9)10/h17-58H,1-16H3. The van der Waals surface area contributed by atoms with Crippen molar-refractivity contribution in [2.75, 3.05) is 0 Å². The maximum Gasteiger partial charge on any atom is 0.109 e. The van der Waals surface area contributed by atoms with Crippen LogP contribution in [-0.4, -0.2) is 9.97 Å². The van der Waals surface area contributed by atoms with Gasteiger partial charge in [0.25, 0.3) is 0 Å². The first-order chi connectivity index (χ1) is 50.2. The van der Waals surface area contributed by atoms with Gasteiger partial charge in [-0.1, -0.05) is 341 Å². The first-order valence-electron chi connectivity index (χ1n) is 38.2. The number of fused-ring (bicyclic) bond motifs is 27. The predicted molar refractivity (Wildman–Crippen MR) is 447 cm³/mol. The number of rotatable bonds is 6. The molecule has 0 amide bonds. The molecule has 0 unspecified atom stereocenters. The summed E-state index contributed by atoms with van der Waals surface area (Å²) in [6, 6.07) is 95.5. The monoisotopic (exact) mass is 1370 g/mol. The third-order valence-corrected chi connectivity index (χ3v) is 25.8. The predicted octanol–water partition coefficient (Wildman–Crippen LogP) is 27.9. The molecule has 3 heteroatoms. The molecule has 0 aliphatic heterocycles. The summed E-state index contributed by atoms with van der Waals surface area (Å²) in [4.78, 5) is 15.0. The molecular formula is C102H90N2S. The van der Waals surface area contributed by atoms with E-state index in [4.69, 9.17) is 9.97 Å². The lowest BCUT2D eigenvalue weighted by Gasteiger charge is -2.33. The van der Waals surface area contributed by atoms with E-state index in [0.717, 1.165) is 64.5 Å². The number of hydrogen-bond acceptors (Lipinski definition) is 3. The summed E-state index contributed by atoms with van der Waals surface area (Å²) in [7, 11) is 0. The molecule has 0 N–H and O–H groups in total. The molecule has 2 heterocycles. The largest absolute Gasteiger partial charge is 0.242 e. The van der Waals surface area contributed by atoms with Gasteiger partial charge >= 0.3 is 0 Å². The Morgan fingerprint density at radius 1 is 0.257 bits per heavy atom. The van der Waals surface area contributed by atoms with E-state index in [9.17, 15) is 0 Å². The Balaban J connectivity index is 0.955. The summed E-state index contributed by atoms with van der Waals surface area (Å²) in [5, 5.41) is 4.51. The van der Waals surface area contributed by atoms with Crippen molar-refractivity contribution in [1.29, 1.82) is 0 Å². The summed E-state index contributed by atoms with van der Waals surface area (Å²) in [5.41, 5.74) is 38.1. The normalized spacial score (nSPS) is 14.4. The van der Waals surface area contributed by atoms with E-state index in [2.05, 4.69) is 353 Å². The van der Waals surface area contributed by atoms with Crippen LogP contribution in [0.2, 0.25) is 0 Å². The minimum Gasteiger partial charge on any atom is -0.242 e. The van der Waals surface area contributed by atoms with E-state index in [1.807, 2.05) is 11.3 Å². The summed E-state index contributed by atoms with van der Waals surface area (Å²) in [6.07, 6.45) is 0. The molecule has 19 rings (SSSR count). The zero-order valence-corrected chi connectivity index (χ0v) is 64.4. The summed E-state index contributed by atoms with van der Waals surface area (Å²) >= 11 is 1.89. The van der Waals surface area contributed by atoms with Gasteiger partial charge in [0.05, 0.1) is 31.6 Å². The summed E-state index contributed by atoms with van der Waals surface area (Å²) < 4.78 is 0. The quantitative estimate of drug-likeness (QED) is 0.155. The molecule has 0 saturated heterocycles. The Labute approximate surface area is 624 Å². The number of aromatic nitrogens is 2. The average Bonchev–Trinajstić information content (AvgIpc) is 1.50. The molecule has 2 nitrogen and oxygen atoms in total. The van der Waals surface area contributed by atoms with E-state index in [-0.39, 0.29) is 21.7 Å². The molecule has 0 bridgehead atoms. The van der Waals surface area contributed by atoms with Crippen LogP contribution in [0.25, 0.3) is 131 Å². The minimum absolute atomic E-state index is 0.0829.